The summed E-state index contributed by atoms with van der Waals surface area (Å²) in [5.41, 5.74) is 0.672. The fourth-order valence-electron chi connectivity index (χ4n) is 4.36. The van der Waals surface area contributed by atoms with Gasteiger partial charge in [-0.15, -0.1) is 0 Å². The van der Waals surface area contributed by atoms with Crippen molar-refractivity contribution in [1.82, 2.24) is 14.7 Å². The Morgan fingerprint density at radius 2 is 1.96 bits per heavy atom. The highest BCUT2D eigenvalue weighted by atomic mass is 16.5. The number of carbonyl (C=O) groups excluding carboxylic acids is 1. The number of rotatable bonds is 6. The molecule has 2 bridgehead atoms. The van der Waals surface area contributed by atoms with Gasteiger partial charge in [-0.1, -0.05) is 0 Å². The van der Waals surface area contributed by atoms with Gasteiger partial charge < -0.3 is 14.4 Å². The summed E-state index contributed by atoms with van der Waals surface area (Å²) >= 11 is 0. The molecular formula is C21H27N3O3. The average molecular weight is 369 g/mol. The number of aromatic nitrogens is 2. The van der Waals surface area contributed by atoms with Crippen LogP contribution in [0.2, 0.25) is 0 Å². The highest BCUT2D eigenvalue weighted by Gasteiger charge is 2.48. The molecule has 3 atom stereocenters. The molecule has 0 spiro atoms. The fourth-order valence-corrected chi connectivity index (χ4v) is 4.36. The summed E-state index contributed by atoms with van der Waals surface area (Å²) in [4.78, 5) is 15.2. The number of hydrogen-bond acceptors (Lipinski definition) is 4. The van der Waals surface area contributed by atoms with Crippen LogP contribution in [0.5, 0.6) is 11.5 Å². The van der Waals surface area contributed by atoms with Crippen molar-refractivity contribution in [3.05, 3.63) is 42.2 Å². The molecular weight excluding hydrogens is 342 g/mol. The molecule has 1 saturated heterocycles. The van der Waals surface area contributed by atoms with Gasteiger partial charge in [-0.3, -0.25) is 9.48 Å². The molecule has 2 aromatic rings. The van der Waals surface area contributed by atoms with Gasteiger partial charge in [0.05, 0.1) is 24.9 Å². The summed E-state index contributed by atoms with van der Waals surface area (Å²) < 4.78 is 13.1. The van der Waals surface area contributed by atoms with E-state index in [2.05, 4.69) is 23.8 Å². The van der Waals surface area contributed by atoms with Gasteiger partial charge in [0.2, 0.25) is 0 Å². The monoisotopic (exact) mass is 369 g/mol. The molecule has 1 aliphatic carbocycles. The van der Waals surface area contributed by atoms with Gasteiger partial charge in [0.25, 0.3) is 5.91 Å². The molecule has 0 radical (unpaired) electrons. The van der Waals surface area contributed by atoms with E-state index < -0.39 is 0 Å². The van der Waals surface area contributed by atoms with Crippen molar-refractivity contribution in [3.63, 3.8) is 0 Å². The standard InChI is InChI=1S/C21H27N3O3/c1-14(2)23-12-16(11-22-23)21(25)24-17-5-4-15(10-17)20(24)13-27-19-8-6-18(26-3)7-9-19/h6-9,11-12,14-15,17,20H,4-5,10,13H2,1-3H3/t15-,17-,20+/m0/s1. The van der Waals surface area contributed by atoms with E-state index in [1.54, 1.807) is 13.3 Å². The summed E-state index contributed by atoms with van der Waals surface area (Å²) in [7, 11) is 1.65. The Kier molecular flexibility index (Phi) is 4.81. The topological polar surface area (TPSA) is 56.6 Å². The van der Waals surface area contributed by atoms with Gasteiger partial charge in [-0.2, -0.15) is 5.10 Å². The number of benzene rings is 1. The SMILES string of the molecule is COc1ccc(OC[C@@H]2[C@H]3CC[C@@H](C3)N2C(=O)c2cnn(C(C)C)c2)cc1. The van der Waals surface area contributed by atoms with E-state index in [1.807, 2.05) is 35.1 Å². The molecule has 1 aliphatic heterocycles. The maximum absolute atomic E-state index is 13.2. The molecule has 6 heteroatoms. The minimum Gasteiger partial charge on any atom is -0.497 e. The lowest BCUT2D eigenvalue weighted by molar-refractivity contribution is 0.0505. The summed E-state index contributed by atoms with van der Waals surface area (Å²) in [6.45, 7) is 4.65. The first-order chi connectivity index (χ1) is 13.1. The first-order valence-electron chi connectivity index (χ1n) is 9.70. The van der Waals surface area contributed by atoms with Crippen LogP contribution in [-0.2, 0) is 0 Å². The summed E-state index contributed by atoms with van der Waals surface area (Å²) in [6, 6.07) is 8.29. The van der Waals surface area contributed by atoms with Crippen LogP contribution in [0, 0.1) is 5.92 Å². The Morgan fingerprint density at radius 1 is 1.22 bits per heavy atom. The van der Waals surface area contributed by atoms with Crippen LogP contribution >= 0.6 is 0 Å². The van der Waals surface area contributed by atoms with Crippen molar-refractivity contribution in [2.75, 3.05) is 13.7 Å². The van der Waals surface area contributed by atoms with E-state index in [0.717, 1.165) is 24.3 Å². The van der Waals surface area contributed by atoms with Crippen LogP contribution in [0.25, 0.3) is 0 Å². The average Bonchev–Trinajstić information content (AvgIpc) is 3.41. The van der Waals surface area contributed by atoms with E-state index in [4.69, 9.17) is 9.47 Å². The van der Waals surface area contributed by atoms with Crippen molar-refractivity contribution in [3.8, 4) is 11.5 Å². The lowest BCUT2D eigenvalue weighted by Crippen LogP contribution is -2.47. The molecule has 1 aromatic carbocycles. The largest absolute Gasteiger partial charge is 0.497 e. The zero-order chi connectivity index (χ0) is 19.0. The molecule has 27 heavy (non-hydrogen) atoms. The highest BCUT2D eigenvalue weighted by Crippen LogP contribution is 2.43. The smallest absolute Gasteiger partial charge is 0.257 e. The molecule has 2 fully saturated rings. The van der Waals surface area contributed by atoms with Crippen LogP contribution in [0.4, 0.5) is 0 Å². The fraction of sp³-hybridized carbons (Fsp3) is 0.524. The molecule has 2 heterocycles. The van der Waals surface area contributed by atoms with Crippen LogP contribution in [0.1, 0.15) is 49.5 Å². The number of nitrogens with zero attached hydrogens (tertiary/aromatic N) is 3. The molecule has 4 rings (SSSR count). The predicted molar refractivity (Wildman–Crippen MR) is 102 cm³/mol. The third-order valence-electron chi connectivity index (χ3n) is 5.83. The number of amides is 1. The maximum atomic E-state index is 13.2. The zero-order valence-electron chi connectivity index (χ0n) is 16.2. The number of ether oxygens (including phenoxy) is 2. The Morgan fingerprint density at radius 3 is 2.63 bits per heavy atom. The van der Waals surface area contributed by atoms with Gasteiger partial charge in [0, 0.05) is 18.3 Å². The zero-order valence-corrected chi connectivity index (χ0v) is 16.2. The van der Waals surface area contributed by atoms with Gasteiger partial charge in [-0.05, 0) is 63.3 Å². The minimum atomic E-state index is 0.0810. The Hall–Kier alpha value is -2.50. The third kappa shape index (κ3) is 3.40. The first-order valence-corrected chi connectivity index (χ1v) is 9.70. The molecule has 0 unspecified atom stereocenters. The quantitative estimate of drug-likeness (QED) is 0.781. The Balaban J connectivity index is 1.47. The van der Waals surface area contributed by atoms with Gasteiger partial charge in [0.15, 0.2) is 0 Å². The van der Waals surface area contributed by atoms with E-state index in [1.165, 1.54) is 6.42 Å². The van der Waals surface area contributed by atoms with Crippen molar-refractivity contribution in [2.45, 2.75) is 51.2 Å². The number of likely N-dealkylation sites (tertiary alicyclic amines) is 1. The Bertz CT molecular complexity index is 799. The second-order valence-electron chi connectivity index (χ2n) is 7.80. The van der Waals surface area contributed by atoms with Gasteiger partial charge in [-0.25, -0.2) is 0 Å². The molecule has 0 N–H and O–H groups in total. The number of methoxy groups -OCH3 is 1. The number of carbonyl (C=O) groups is 1. The number of hydrogen-bond donors (Lipinski definition) is 0. The van der Waals surface area contributed by atoms with E-state index >= 15 is 0 Å². The van der Waals surface area contributed by atoms with E-state index in [0.29, 0.717) is 24.1 Å². The van der Waals surface area contributed by atoms with Crippen LogP contribution in [0.15, 0.2) is 36.7 Å². The summed E-state index contributed by atoms with van der Waals surface area (Å²) in [5.74, 6) is 2.22. The summed E-state index contributed by atoms with van der Waals surface area (Å²) in [5, 5.41) is 4.33. The minimum absolute atomic E-state index is 0.0810. The van der Waals surface area contributed by atoms with Gasteiger partial charge >= 0.3 is 0 Å². The second kappa shape index (κ2) is 7.25. The molecule has 1 saturated carbocycles. The van der Waals surface area contributed by atoms with Crippen LogP contribution in [-0.4, -0.2) is 46.4 Å². The van der Waals surface area contributed by atoms with E-state index in [9.17, 15) is 4.79 Å². The Labute approximate surface area is 160 Å². The van der Waals surface area contributed by atoms with Crippen molar-refractivity contribution in [2.24, 2.45) is 5.92 Å². The van der Waals surface area contributed by atoms with Crippen molar-refractivity contribution < 1.29 is 14.3 Å². The third-order valence-corrected chi connectivity index (χ3v) is 5.83. The number of fused-ring (bicyclic) bond motifs is 2. The molecule has 6 nitrogen and oxygen atoms in total. The van der Waals surface area contributed by atoms with Crippen LogP contribution < -0.4 is 9.47 Å². The number of piperidine rings is 1. The molecule has 1 amide bonds. The van der Waals surface area contributed by atoms with Crippen molar-refractivity contribution >= 4 is 5.91 Å². The normalized spacial score (nSPS) is 23.9. The van der Waals surface area contributed by atoms with Crippen LogP contribution in [0.3, 0.4) is 0 Å². The predicted octanol–water partition coefficient (Wildman–Crippen LogP) is 3.54. The maximum Gasteiger partial charge on any atom is 0.257 e. The first kappa shape index (κ1) is 17.9. The molecule has 2 aliphatic rings. The van der Waals surface area contributed by atoms with Crippen molar-refractivity contribution in [1.29, 1.82) is 0 Å². The second-order valence-corrected chi connectivity index (χ2v) is 7.80. The lowest BCUT2D eigenvalue weighted by Gasteiger charge is -2.35. The molecule has 144 valence electrons. The highest BCUT2D eigenvalue weighted by molar-refractivity contribution is 5.94. The molecule has 1 aromatic heterocycles. The van der Waals surface area contributed by atoms with E-state index in [-0.39, 0.29) is 18.0 Å². The summed E-state index contributed by atoms with van der Waals surface area (Å²) in [6.07, 6.45) is 6.90. The van der Waals surface area contributed by atoms with Gasteiger partial charge in [0.1, 0.15) is 18.1 Å². The lowest BCUT2D eigenvalue weighted by atomic mass is 9.99.